The average Bonchev–Trinajstić information content (AvgIpc) is 2.10. The maximum Gasteiger partial charge on any atom is 0.414 e. The van der Waals surface area contributed by atoms with Crippen LogP contribution in [-0.4, -0.2) is 23.9 Å². The van der Waals surface area contributed by atoms with E-state index in [1.807, 2.05) is 13.8 Å². The second-order valence-electron chi connectivity index (χ2n) is 4.41. The van der Waals surface area contributed by atoms with Crippen LogP contribution in [0.3, 0.4) is 0 Å². The van der Waals surface area contributed by atoms with Crippen LogP contribution in [0.2, 0.25) is 0 Å². The molecule has 0 aliphatic heterocycles. The molecule has 0 radical (unpaired) electrons. The fourth-order valence-corrected chi connectivity index (χ4v) is 1.09. The van der Waals surface area contributed by atoms with Crippen LogP contribution >= 0.6 is 12.2 Å². The highest BCUT2D eigenvalue weighted by atomic mass is 32.1. The third-order valence-electron chi connectivity index (χ3n) is 2.44. The Balaban J connectivity index is 3.82. The smallest absolute Gasteiger partial charge is 0.393 e. The highest BCUT2D eigenvalue weighted by Gasteiger charge is 2.36. The Morgan fingerprint density at radius 1 is 1.38 bits per heavy atom. The fraction of sp³-hybridized carbons (Fsp3) is 0.900. The topological polar surface area (TPSA) is 35.2 Å². The van der Waals surface area contributed by atoms with E-state index < -0.39 is 12.3 Å². The Kier molecular flexibility index (Phi) is 5.69. The summed E-state index contributed by atoms with van der Waals surface area (Å²) in [7, 11) is 0. The molecule has 6 heteroatoms. The van der Waals surface area contributed by atoms with E-state index in [0.717, 1.165) is 6.92 Å². The van der Waals surface area contributed by atoms with Gasteiger partial charge in [-0.25, -0.2) is 0 Å². The number of ether oxygens (including phenoxy) is 1. The van der Waals surface area contributed by atoms with Crippen molar-refractivity contribution < 1.29 is 17.9 Å². The number of hydrogen-bond donors (Lipinski definition) is 1. The summed E-state index contributed by atoms with van der Waals surface area (Å²) in [6.07, 6.45) is -4.89. The summed E-state index contributed by atoms with van der Waals surface area (Å²) in [4.78, 5) is 0.372. The van der Waals surface area contributed by atoms with Crippen LogP contribution in [0.1, 0.15) is 33.6 Å². The lowest BCUT2D eigenvalue weighted by Crippen LogP contribution is -2.31. The largest absolute Gasteiger partial charge is 0.414 e. The molecule has 0 rings (SSSR count). The summed E-state index contributed by atoms with van der Waals surface area (Å²) < 4.78 is 40.9. The van der Waals surface area contributed by atoms with Gasteiger partial charge in [-0.2, -0.15) is 13.2 Å². The second-order valence-corrected chi connectivity index (χ2v) is 4.85. The standard InChI is InChI=1S/C10H18F3NOS/c1-7(10(11,12)13)15-6-4-5-9(2,3)8(14)16/h7H,4-6H2,1-3H3,(H2,14,16). The molecule has 0 spiro atoms. The minimum Gasteiger partial charge on any atom is -0.393 e. The first-order valence-electron chi connectivity index (χ1n) is 5.05. The fourth-order valence-electron chi connectivity index (χ4n) is 0.992. The van der Waals surface area contributed by atoms with Crippen LogP contribution in [0.5, 0.6) is 0 Å². The molecule has 0 aliphatic rings. The van der Waals surface area contributed by atoms with Crippen LogP contribution in [0.15, 0.2) is 0 Å². The summed E-state index contributed by atoms with van der Waals surface area (Å²) in [6, 6.07) is 0. The predicted octanol–water partition coefficient (Wildman–Crippen LogP) is 3.05. The van der Waals surface area contributed by atoms with Crippen LogP contribution in [0.4, 0.5) is 13.2 Å². The summed E-state index contributed by atoms with van der Waals surface area (Å²) in [6.45, 7) is 4.79. The summed E-state index contributed by atoms with van der Waals surface area (Å²) in [5.74, 6) is 0. The van der Waals surface area contributed by atoms with E-state index in [4.69, 9.17) is 18.0 Å². The van der Waals surface area contributed by atoms with Gasteiger partial charge < -0.3 is 10.5 Å². The van der Waals surface area contributed by atoms with Crippen molar-refractivity contribution in [3.63, 3.8) is 0 Å². The maximum atomic E-state index is 12.1. The molecule has 0 saturated heterocycles. The number of alkyl halides is 3. The SMILES string of the molecule is CC(OCCCC(C)(C)C(N)=S)C(F)(F)F. The number of thiocarbonyl (C=S) groups is 1. The third-order valence-corrected chi connectivity index (χ3v) is 2.99. The highest BCUT2D eigenvalue weighted by molar-refractivity contribution is 7.80. The molecule has 1 atom stereocenters. The van der Waals surface area contributed by atoms with Crippen molar-refractivity contribution >= 4 is 17.2 Å². The first-order chi connectivity index (χ1) is 7.07. The molecule has 0 bridgehead atoms. The molecule has 1 unspecified atom stereocenters. The van der Waals surface area contributed by atoms with Crippen LogP contribution < -0.4 is 5.73 Å². The van der Waals surface area contributed by atoms with E-state index >= 15 is 0 Å². The molecule has 2 N–H and O–H groups in total. The van der Waals surface area contributed by atoms with Crippen LogP contribution in [-0.2, 0) is 4.74 Å². The van der Waals surface area contributed by atoms with Crippen molar-refractivity contribution in [2.45, 2.75) is 45.9 Å². The minimum atomic E-state index is -4.29. The van der Waals surface area contributed by atoms with E-state index in [1.165, 1.54) is 0 Å². The minimum absolute atomic E-state index is 0.0622. The van der Waals surface area contributed by atoms with Crippen LogP contribution in [0, 0.1) is 5.41 Å². The van der Waals surface area contributed by atoms with Crippen molar-refractivity contribution in [3.05, 3.63) is 0 Å². The van der Waals surface area contributed by atoms with E-state index in [9.17, 15) is 13.2 Å². The van der Waals surface area contributed by atoms with Gasteiger partial charge in [0.25, 0.3) is 0 Å². The van der Waals surface area contributed by atoms with Crippen molar-refractivity contribution in [2.24, 2.45) is 11.1 Å². The molecule has 0 aromatic heterocycles. The van der Waals surface area contributed by atoms with Gasteiger partial charge in [-0.05, 0) is 19.8 Å². The monoisotopic (exact) mass is 257 g/mol. The van der Waals surface area contributed by atoms with Crippen LogP contribution in [0.25, 0.3) is 0 Å². The zero-order valence-electron chi connectivity index (χ0n) is 9.73. The zero-order chi connectivity index (χ0) is 13.0. The molecule has 0 aromatic carbocycles. The van der Waals surface area contributed by atoms with E-state index in [2.05, 4.69) is 4.74 Å². The van der Waals surface area contributed by atoms with Crippen molar-refractivity contribution in [1.82, 2.24) is 0 Å². The molecule has 0 heterocycles. The van der Waals surface area contributed by atoms with Gasteiger partial charge in [0.2, 0.25) is 0 Å². The van der Waals surface area contributed by atoms with Crippen molar-refractivity contribution in [1.29, 1.82) is 0 Å². The highest BCUT2D eigenvalue weighted by Crippen LogP contribution is 2.25. The molecular formula is C10H18F3NOS. The number of rotatable bonds is 6. The van der Waals surface area contributed by atoms with Crippen molar-refractivity contribution in [2.75, 3.05) is 6.61 Å². The quantitative estimate of drug-likeness (QED) is 0.586. The van der Waals surface area contributed by atoms with Gasteiger partial charge in [0.05, 0.1) is 4.99 Å². The Bertz CT molecular complexity index is 241. The lowest BCUT2D eigenvalue weighted by molar-refractivity contribution is -0.214. The third kappa shape index (κ3) is 5.65. The molecule has 96 valence electrons. The Morgan fingerprint density at radius 3 is 2.25 bits per heavy atom. The van der Waals surface area contributed by atoms with Gasteiger partial charge in [0, 0.05) is 12.0 Å². The van der Waals surface area contributed by atoms with E-state index in [0.29, 0.717) is 17.8 Å². The molecule has 16 heavy (non-hydrogen) atoms. The number of halogens is 3. The first-order valence-corrected chi connectivity index (χ1v) is 5.46. The molecular weight excluding hydrogens is 239 g/mol. The predicted molar refractivity (Wildman–Crippen MR) is 61.3 cm³/mol. The lowest BCUT2D eigenvalue weighted by Gasteiger charge is -2.23. The van der Waals surface area contributed by atoms with Gasteiger partial charge in [-0.1, -0.05) is 26.1 Å². The summed E-state index contributed by atoms with van der Waals surface area (Å²) >= 11 is 4.85. The molecule has 2 nitrogen and oxygen atoms in total. The van der Waals surface area contributed by atoms with E-state index in [1.54, 1.807) is 0 Å². The van der Waals surface area contributed by atoms with Gasteiger partial charge in [-0.15, -0.1) is 0 Å². The lowest BCUT2D eigenvalue weighted by atomic mass is 9.88. The van der Waals surface area contributed by atoms with Gasteiger partial charge in [-0.3, -0.25) is 0 Å². The Morgan fingerprint density at radius 2 is 1.88 bits per heavy atom. The second kappa shape index (κ2) is 5.82. The molecule has 0 saturated carbocycles. The molecule has 0 aromatic rings. The van der Waals surface area contributed by atoms with Crippen molar-refractivity contribution in [3.8, 4) is 0 Å². The average molecular weight is 257 g/mol. The normalized spacial score (nSPS) is 14.9. The number of hydrogen-bond acceptors (Lipinski definition) is 2. The van der Waals surface area contributed by atoms with E-state index in [-0.39, 0.29) is 12.0 Å². The summed E-state index contributed by atoms with van der Waals surface area (Å²) in [5, 5.41) is 0. The number of nitrogens with two attached hydrogens (primary N) is 1. The Labute approximate surface area is 99.3 Å². The van der Waals surface area contributed by atoms with Gasteiger partial charge in [0.1, 0.15) is 0 Å². The Hall–Kier alpha value is -0.360. The van der Waals surface area contributed by atoms with Gasteiger partial charge >= 0.3 is 6.18 Å². The zero-order valence-corrected chi connectivity index (χ0v) is 10.5. The molecule has 0 fully saturated rings. The summed E-state index contributed by atoms with van der Waals surface area (Å²) in [5.41, 5.74) is 5.16. The van der Waals surface area contributed by atoms with Gasteiger partial charge in [0.15, 0.2) is 6.10 Å². The molecule has 0 amide bonds. The first kappa shape index (κ1) is 15.6. The maximum absolute atomic E-state index is 12.1. The molecule has 0 aliphatic carbocycles.